The lowest BCUT2D eigenvalue weighted by atomic mass is 10.3. The Balaban J connectivity index is 2.00. The third-order valence-corrected chi connectivity index (χ3v) is 3.63. The molecule has 0 N–H and O–H groups in total. The third-order valence-electron chi connectivity index (χ3n) is 2.67. The van der Waals surface area contributed by atoms with E-state index in [1.165, 1.54) is 11.2 Å². The molecule has 1 aromatic carbocycles. The molecule has 0 unspecified atom stereocenters. The van der Waals surface area contributed by atoms with Crippen molar-refractivity contribution >= 4 is 21.6 Å². The highest BCUT2D eigenvalue weighted by molar-refractivity contribution is 7.18. The van der Waals surface area contributed by atoms with Gasteiger partial charge in [-0.1, -0.05) is 6.07 Å². The molecule has 0 aliphatic heterocycles. The highest BCUT2D eigenvalue weighted by Crippen LogP contribution is 2.32. The van der Waals surface area contributed by atoms with Gasteiger partial charge in [0.25, 0.3) is 0 Å². The summed E-state index contributed by atoms with van der Waals surface area (Å²) in [6, 6.07) is 9.49. The Morgan fingerprint density at radius 3 is 2.79 bits per heavy atom. The van der Waals surface area contributed by atoms with E-state index in [1.54, 1.807) is 18.4 Å². The molecule has 0 saturated heterocycles. The minimum absolute atomic E-state index is 0.572. The first-order valence-electron chi connectivity index (χ1n) is 5.79. The number of nitrogens with zero attached hydrogens (tertiary/aromatic N) is 2. The largest absolute Gasteiger partial charge is 0.497 e. The summed E-state index contributed by atoms with van der Waals surface area (Å²) in [5.41, 5.74) is 0. The van der Waals surface area contributed by atoms with E-state index in [0.717, 1.165) is 16.0 Å². The second-order valence-electron chi connectivity index (χ2n) is 4.04. The Kier molecular flexibility index (Phi) is 3.05. The van der Waals surface area contributed by atoms with E-state index < -0.39 is 0 Å². The van der Waals surface area contributed by atoms with Crippen LogP contribution in [0.15, 0.2) is 36.7 Å². The molecule has 0 atom stereocenters. The van der Waals surface area contributed by atoms with Crippen molar-refractivity contribution in [1.29, 1.82) is 0 Å². The monoisotopic (exact) mass is 272 g/mol. The summed E-state index contributed by atoms with van der Waals surface area (Å²) in [7, 11) is 1.63. The molecular weight excluding hydrogens is 260 g/mol. The lowest BCUT2D eigenvalue weighted by Crippen LogP contribution is -1.90. The molecule has 0 bridgehead atoms. The number of thiophene rings is 1. The van der Waals surface area contributed by atoms with Crippen LogP contribution in [0, 0.1) is 6.92 Å². The molecule has 3 aromatic rings. The maximum Gasteiger partial charge on any atom is 0.231 e. The first-order valence-corrected chi connectivity index (χ1v) is 6.61. The fraction of sp³-hybridized carbons (Fsp3) is 0.143. The van der Waals surface area contributed by atoms with Gasteiger partial charge in [-0.2, -0.15) is 0 Å². The second-order valence-corrected chi connectivity index (χ2v) is 5.27. The van der Waals surface area contributed by atoms with E-state index >= 15 is 0 Å². The Bertz CT molecular complexity index is 724. The zero-order valence-corrected chi connectivity index (χ0v) is 11.4. The van der Waals surface area contributed by atoms with Crippen LogP contribution in [0.25, 0.3) is 10.2 Å². The maximum atomic E-state index is 5.82. The smallest absolute Gasteiger partial charge is 0.231 e. The van der Waals surface area contributed by atoms with Gasteiger partial charge < -0.3 is 9.47 Å². The number of fused-ring (bicyclic) bond motifs is 1. The van der Waals surface area contributed by atoms with Crippen molar-refractivity contribution in [2.24, 2.45) is 0 Å². The number of rotatable bonds is 3. The average molecular weight is 272 g/mol. The zero-order chi connectivity index (χ0) is 13.2. The van der Waals surface area contributed by atoms with Gasteiger partial charge in [0.2, 0.25) is 5.88 Å². The molecule has 0 amide bonds. The van der Waals surface area contributed by atoms with Crippen LogP contribution in [0.4, 0.5) is 0 Å². The lowest BCUT2D eigenvalue weighted by molar-refractivity contribution is 0.408. The standard InChI is InChI=1S/C14H12N2O2S/c1-9-6-12-13(15-8-16-14(12)19-9)18-11-5-3-4-10(7-11)17-2/h3-8H,1-2H3. The molecule has 0 fully saturated rings. The van der Waals surface area contributed by atoms with Gasteiger partial charge in [0.05, 0.1) is 12.5 Å². The van der Waals surface area contributed by atoms with Gasteiger partial charge in [-0.25, -0.2) is 9.97 Å². The van der Waals surface area contributed by atoms with Crippen LogP contribution in [0.3, 0.4) is 0 Å². The first-order chi connectivity index (χ1) is 9.26. The van der Waals surface area contributed by atoms with Crippen LogP contribution in [-0.4, -0.2) is 17.1 Å². The number of aryl methyl sites for hydroxylation is 1. The van der Waals surface area contributed by atoms with E-state index in [-0.39, 0.29) is 0 Å². The SMILES string of the molecule is COc1cccc(Oc2ncnc3sc(C)cc23)c1. The van der Waals surface area contributed by atoms with Gasteiger partial charge in [-0.05, 0) is 25.1 Å². The minimum atomic E-state index is 0.572. The summed E-state index contributed by atoms with van der Waals surface area (Å²) >= 11 is 1.63. The Morgan fingerprint density at radius 1 is 1.11 bits per heavy atom. The van der Waals surface area contributed by atoms with Crippen LogP contribution >= 0.6 is 11.3 Å². The van der Waals surface area contributed by atoms with Crippen molar-refractivity contribution in [3.8, 4) is 17.4 Å². The van der Waals surface area contributed by atoms with E-state index in [2.05, 4.69) is 9.97 Å². The van der Waals surface area contributed by atoms with E-state index in [1.807, 2.05) is 37.3 Å². The van der Waals surface area contributed by atoms with E-state index in [4.69, 9.17) is 9.47 Å². The van der Waals surface area contributed by atoms with Gasteiger partial charge in [-0.15, -0.1) is 11.3 Å². The van der Waals surface area contributed by atoms with Crippen LogP contribution < -0.4 is 9.47 Å². The molecule has 2 aromatic heterocycles. The Hall–Kier alpha value is -2.14. The van der Waals surface area contributed by atoms with Crippen molar-refractivity contribution in [2.45, 2.75) is 6.92 Å². The lowest BCUT2D eigenvalue weighted by Gasteiger charge is -2.06. The number of methoxy groups -OCH3 is 1. The molecule has 0 spiro atoms. The predicted octanol–water partition coefficient (Wildman–Crippen LogP) is 3.80. The van der Waals surface area contributed by atoms with Gasteiger partial charge in [0.1, 0.15) is 22.7 Å². The Morgan fingerprint density at radius 2 is 1.95 bits per heavy atom. The molecular formula is C14H12N2O2S. The second kappa shape index (κ2) is 4.85. The number of ether oxygens (including phenoxy) is 2. The first kappa shape index (κ1) is 11.9. The highest BCUT2D eigenvalue weighted by Gasteiger charge is 2.09. The van der Waals surface area contributed by atoms with Crippen LogP contribution in [-0.2, 0) is 0 Å². The number of aromatic nitrogens is 2. The van der Waals surface area contributed by atoms with E-state index in [9.17, 15) is 0 Å². The van der Waals surface area contributed by atoms with Gasteiger partial charge in [0, 0.05) is 10.9 Å². The fourth-order valence-corrected chi connectivity index (χ4v) is 2.65. The Labute approximate surface area is 114 Å². The summed E-state index contributed by atoms with van der Waals surface area (Å²) in [4.78, 5) is 10.6. The number of benzene rings is 1. The molecule has 2 heterocycles. The number of hydrogen-bond donors (Lipinski definition) is 0. The van der Waals surface area contributed by atoms with Crippen LogP contribution in [0.2, 0.25) is 0 Å². The molecule has 96 valence electrons. The average Bonchev–Trinajstić information content (AvgIpc) is 2.80. The van der Waals surface area contributed by atoms with Crippen molar-refractivity contribution < 1.29 is 9.47 Å². The van der Waals surface area contributed by atoms with Gasteiger partial charge >= 0.3 is 0 Å². The van der Waals surface area contributed by atoms with Crippen molar-refractivity contribution in [1.82, 2.24) is 9.97 Å². The quantitative estimate of drug-likeness (QED) is 0.727. The van der Waals surface area contributed by atoms with Crippen molar-refractivity contribution in [3.05, 3.63) is 41.5 Å². The van der Waals surface area contributed by atoms with Crippen molar-refractivity contribution in [3.63, 3.8) is 0 Å². The van der Waals surface area contributed by atoms with Crippen LogP contribution in [0.1, 0.15) is 4.88 Å². The van der Waals surface area contributed by atoms with Crippen LogP contribution in [0.5, 0.6) is 17.4 Å². The third kappa shape index (κ3) is 2.37. The molecule has 5 heteroatoms. The number of hydrogen-bond acceptors (Lipinski definition) is 5. The highest BCUT2D eigenvalue weighted by atomic mass is 32.1. The molecule has 0 saturated carbocycles. The molecule has 0 radical (unpaired) electrons. The molecule has 3 rings (SSSR count). The summed E-state index contributed by atoms with van der Waals surface area (Å²) in [6.45, 7) is 2.04. The molecule has 0 aliphatic carbocycles. The molecule has 0 aliphatic rings. The summed E-state index contributed by atoms with van der Waals surface area (Å²) < 4.78 is 11.0. The molecule has 4 nitrogen and oxygen atoms in total. The van der Waals surface area contributed by atoms with Gasteiger partial charge in [-0.3, -0.25) is 0 Å². The molecule has 19 heavy (non-hydrogen) atoms. The zero-order valence-electron chi connectivity index (χ0n) is 10.6. The summed E-state index contributed by atoms with van der Waals surface area (Å²) in [5.74, 6) is 2.02. The maximum absolute atomic E-state index is 5.82. The normalized spacial score (nSPS) is 10.6. The van der Waals surface area contributed by atoms with E-state index in [0.29, 0.717) is 11.6 Å². The fourth-order valence-electron chi connectivity index (χ4n) is 1.81. The minimum Gasteiger partial charge on any atom is -0.497 e. The summed E-state index contributed by atoms with van der Waals surface area (Å²) in [6.07, 6.45) is 1.52. The summed E-state index contributed by atoms with van der Waals surface area (Å²) in [5, 5.41) is 0.938. The predicted molar refractivity (Wildman–Crippen MR) is 75.2 cm³/mol. The van der Waals surface area contributed by atoms with Gasteiger partial charge in [0.15, 0.2) is 0 Å². The topological polar surface area (TPSA) is 44.2 Å². The van der Waals surface area contributed by atoms with Crippen molar-refractivity contribution in [2.75, 3.05) is 7.11 Å².